The van der Waals surface area contributed by atoms with E-state index in [4.69, 9.17) is 32.2 Å². The number of rotatable bonds is 16. The molecule has 6 heteroatoms. The van der Waals surface area contributed by atoms with E-state index in [9.17, 15) is 0 Å². The van der Waals surface area contributed by atoms with Gasteiger partial charge in [0.1, 0.15) is 0 Å². The summed E-state index contributed by atoms with van der Waals surface area (Å²) in [5.74, 6) is 0. The van der Waals surface area contributed by atoms with Gasteiger partial charge in [0.25, 0.3) is 0 Å². The maximum absolute atomic E-state index is 5.55. The molecule has 0 rings (SSSR count). The van der Waals surface area contributed by atoms with E-state index < -0.39 is 0 Å². The number of unbranched alkanes of at least 4 members (excludes halogenated alkanes) is 1. The highest BCUT2D eigenvalue weighted by Crippen LogP contribution is 1.92. The second kappa shape index (κ2) is 16.1. The zero-order chi connectivity index (χ0) is 15.8. The minimum Gasteiger partial charge on any atom is -0.393 e. The van der Waals surface area contributed by atoms with Crippen LogP contribution in [-0.2, 0) is 14.2 Å². The van der Waals surface area contributed by atoms with Crippen LogP contribution in [0.1, 0.15) is 33.1 Å². The number of nitrogens with zero attached hydrogens (tertiary/aromatic N) is 1. The van der Waals surface area contributed by atoms with E-state index in [0.717, 1.165) is 39.1 Å². The lowest BCUT2D eigenvalue weighted by molar-refractivity contribution is 0.0105. The van der Waals surface area contributed by atoms with E-state index in [1.807, 2.05) is 0 Å². The maximum atomic E-state index is 5.55. The van der Waals surface area contributed by atoms with Crippen molar-refractivity contribution in [2.45, 2.75) is 33.1 Å². The highest BCUT2D eigenvalue weighted by Gasteiger charge is 2.02. The summed E-state index contributed by atoms with van der Waals surface area (Å²) in [6, 6.07) is 0. The minimum atomic E-state index is 0.573. The Morgan fingerprint density at radius 3 is 2.00 bits per heavy atom. The second-order valence-electron chi connectivity index (χ2n) is 4.84. The van der Waals surface area contributed by atoms with Gasteiger partial charge in [-0.2, -0.15) is 0 Å². The van der Waals surface area contributed by atoms with Gasteiger partial charge in [-0.1, -0.05) is 32.5 Å². The lowest BCUT2D eigenvalue weighted by Gasteiger charge is -2.19. The van der Waals surface area contributed by atoms with E-state index in [1.165, 1.54) is 6.42 Å². The third kappa shape index (κ3) is 15.9. The summed E-state index contributed by atoms with van der Waals surface area (Å²) in [5.41, 5.74) is 5.50. The summed E-state index contributed by atoms with van der Waals surface area (Å²) in [5, 5.41) is 0. The first-order valence-electron chi connectivity index (χ1n) is 7.94. The fraction of sp³-hybridized carbons (Fsp3) is 0.933. The number of hydrogen-bond acceptors (Lipinski definition) is 5. The Balaban J connectivity index is 3.24. The van der Waals surface area contributed by atoms with Crippen LogP contribution in [0, 0.1) is 0 Å². The molecule has 0 radical (unpaired) electrons. The van der Waals surface area contributed by atoms with E-state index >= 15 is 0 Å². The van der Waals surface area contributed by atoms with Crippen LogP contribution in [-0.4, -0.2) is 69.2 Å². The first kappa shape index (κ1) is 20.7. The van der Waals surface area contributed by atoms with Gasteiger partial charge >= 0.3 is 0 Å². The normalized spacial score (nSPS) is 11.2. The summed E-state index contributed by atoms with van der Waals surface area (Å²) in [4.78, 5) is 2.85. The van der Waals surface area contributed by atoms with Crippen molar-refractivity contribution in [1.82, 2.24) is 4.90 Å². The van der Waals surface area contributed by atoms with Crippen molar-refractivity contribution in [1.29, 1.82) is 0 Å². The van der Waals surface area contributed by atoms with Crippen LogP contribution >= 0.6 is 12.2 Å². The number of ether oxygens (including phenoxy) is 3. The van der Waals surface area contributed by atoms with Crippen LogP contribution in [0.4, 0.5) is 0 Å². The molecule has 0 aromatic heterocycles. The van der Waals surface area contributed by atoms with Gasteiger partial charge in [0.2, 0.25) is 0 Å². The molecule has 0 spiro atoms. The SMILES string of the molecule is CCCCOCCOCCOCCN(CC)CCC(N)=S. The van der Waals surface area contributed by atoms with Gasteiger partial charge < -0.3 is 24.8 Å². The third-order valence-electron chi connectivity index (χ3n) is 3.06. The summed E-state index contributed by atoms with van der Waals surface area (Å²) in [7, 11) is 0. The Morgan fingerprint density at radius 2 is 1.48 bits per heavy atom. The number of thiocarbonyl (C=S) groups is 1. The highest BCUT2D eigenvalue weighted by molar-refractivity contribution is 7.80. The zero-order valence-corrected chi connectivity index (χ0v) is 14.5. The Morgan fingerprint density at radius 1 is 0.905 bits per heavy atom. The van der Waals surface area contributed by atoms with Crippen molar-refractivity contribution in [3.05, 3.63) is 0 Å². The topological polar surface area (TPSA) is 57.0 Å². The van der Waals surface area contributed by atoms with E-state index in [0.29, 0.717) is 38.0 Å². The van der Waals surface area contributed by atoms with Crippen LogP contribution in [0.25, 0.3) is 0 Å². The smallest absolute Gasteiger partial charge is 0.0740 e. The van der Waals surface area contributed by atoms with Gasteiger partial charge in [0.15, 0.2) is 0 Å². The summed E-state index contributed by atoms with van der Waals surface area (Å²) < 4.78 is 16.4. The molecule has 21 heavy (non-hydrogen) atoms. The molecule has 5 nitrogen and oxygen atoms in total. The van der Waals surface area contributed by atoms with Crippen LogP contribution in [0.15, 0.2) is 0 Å². The number of likely N-dealkylation sites (N-methyl/N-ethyl adjacent to an activating group) is 1. The van der Waals surface area contributed by atoms with Gasteiger partial charge in [0.05, 0.1) is 38.0 Å². The monoisotopic (exact) mass is 320 g/mol. The fourth-order valence-electron chi connectivity index (χ4n) is 1.68. The van der Waals surface area contributed by atoms with Crippen molar-refractivity contribution >= 4 is 17.2 Å². The van der Waals surface area contributed by atoms with Crippen molar-refractivity contribution < 1.29 is 14.2 Å². The molecule has 2 N–H and O–H groups in total. The van der Waals surface area contributed by atoms with Gasteiger partial charge in [0, 0.05) is 26.1 Å². The summed E-state index contributed by atoms with van der Waals surface area (Å²) in [6.45, 7) is 11.2. The molecule has 0 aliphatic heterocycles. The fourth-order valence-corrected chi connectivity index (χ4v) is 1.77. The number of nitrogens with two attached hydrogens (primary N) is 1. The lowest BCUT2D eigenvalue weighted by Crippen LogP contribution is -2.31. The standard InChI is InChI=1S/C15H32N2O3S/c1-3-5-9-18-11-13-20-14-12-19-10-8-17(4-2)7-6-15(16)21/h3-14H2,1-2H3,(H2,16,21). The first-order chi connectivity index (χ1) is 10.2. The molecule has 0 aliphatic rings. The van der Waals surface area contributed by atoms with Crippen LogP contribution in [0.5, 0.6) is 0 Å². The predicted molar refractivity (Wildman–Crippen MR) is 90.9 cm³/mol. The molecule has 0 unspecified atom stereocenters. The second-order valence-corrected chi connectivity index (χ2v) is 5.37. The first-order valence-corrected chi connectivity index (χ1v) is 8.35. The van der Waals surface area contributed by atoms with Gasteiger partial charge in [-0.05, 0) is 13.0 Å². The molecule has 0 saturated carbocycles. The van der Waals surface area contributed by atoms with Gasteiger partial charge in [-0.15, -0.1) is 0 Å². The van der Waals surface area contributed by atoms with Crippen molar-refractivity contribution in [3.63, 3.8) is 0 Å². The van der Waals surface area contributed by atoms with Crippen LogP contribution in [0.3, 0.4) is 0 Å². The molecular formula is C15H32N2O3S. The third-order valence-corrected chi connectivity index (χ3v) is 3.26. The Bertz CT molecular complexity index is 243. The molecular weight excluding hydrogens is 288 g/mol. The van der Waals surface area contributed by atoms with Crippen LogP contribution < -0.4 is 5.73 Å². The van der Waals surface area contributed by atoms with Gasteiger partial charge in [-0.25, -0.2) is 0 Å². The molecule has 0 aliphatic carbocycles. The Kier molecular flexibility index (Phi) is 15.9. The molecule has 0 saturated heterocycles. The van der Waals surface area contributed by atoms with Crippen LogP contribution in [0.2, 0.25) is 0 Å². The maximum Gasteiger partial charge on any atom is 0.0740 e. The van der Waals surface area contributed by atoms with E-state index in [-0.39, 0.29) is 0 Å². The summed E-state index contributed by atoms with van der Waals surface area (Å²) in [6.07, 6.45) is 3.05. The predicted octanol–water partition coefficient (Wildman–Crippen LogP) is 1.83. The largest absolute Gasteiger partial charge is 0.393 e. The minimum absolute atomic E-state index is 0.573. The highest BCUT2D eigenvalue weighted by atomic mass is 32.1. The molecule has 0 heterocycles. The van der Waals surface area contributed by atoms with E-state index in [1.54, 1.807) is 0 Å². The molecule has 0 aromatic rings. The van der Waals surface area contributed by atoms with E-state index in [2.05, 4.69) is 18.7 Å². The Labute approximate surface area is 135 Å². The molecule has 0 amide bonds. The number of hydrogen-bond donors (Lipinski definition) is 1. The molecule has 126 valence electrons. The lowest BCUT2D eigenvalue weighted by atomic mass is 10.3. The van der Waals surface area contributed by atoms with Crippen molar-refractivity contribution in [2.75, 3.05) is 59.3 Å². The molecule has 0 bridgehead atoms. The van der Waals surface area contributed by atoms with Crippen molar-refractivity contribution in [2.24, 2.45) is 5.73 Å². The zero-order valence-electron chi connectivity index (χ0n) is 13.6. The quantitative estimate of drug-likeness (QED) is 0.346. The molecule has 0 atom stereocenters. The average molecular weight is 320 g/mol. The van der Waals surface area contributed by atoms with Crippen molar-refractivity contribution in [3.8, 4) is 0 Å². The van der Waals surface area contributed by atoms with Gasteiger partial charge in [-0.3, -0.25) is 0 Å². The molecule has 0 aromatic carbocycles. The Hall–Kier alpha value is -0.270. The molecule has 0 fully saturated rings. The average Bonchev–Trinajstić information content (AvgIpc) is 2.47. The summed E-state index contributed by atoms with van der Waals surface area (Å²) >= 11 is 4.88.